The highest BCUT2D eigenvalue weighted by atomic mass is 15.2. The molecule has 1 aliphatic heterocycles. The fraction of sp³-hybridized carbons (Fsp3) is 0.667. The predicted molar refractivity (Wildman–Crippen MR) is 83.7 cm³/mol. The van der Waals surface area contributed by atoms with Gasteiger partial charge in [0.2, 0.25) is 0 Å². The smallest absolute Gasteiger partial charge is 0.0248 e. The monoisotopic (exact) mass is 259 g/mol. The molecule has 0 aliphatic carbocycles. The molecule has 2 rings (SSSR count). The van der Waals surface area contributed by atoms with Crippen LogP contribution < -0.4 is 0 Å². The van der Waals surface area contributed by atoms with Crippen molar-refractivity contribution in [2.24, 2.45) is 0 Å². The molecule has 0 saturated carbocycles. The van der Waals surface area contributed by atoms with Crippen LogP contribution in [-0.2, 0) is 13.1 Å². The average molecular weight is 259 g/mol. The number of rotatable bonds is 1. The molecule has 106 valence electrons. The van der Waals surface area contributed by atoms with Gasteiger partial charge in [-0.3, -0.25) is 4.90 Å². The molecule has 0 bridgehead atoms. The Labute approximate surface area is 119 Å². The molecule has 1 aliphatic rings. The lowest BCUT2D eigenvalue weighted by Crippen LogP contribution is -2.36. The van der Waals surface area contributed by atoms with Gasteiger partial charge >= 0.3 is 0 Å². The lowest BCUT2D eigenvalue weighted by atomic mass is 9.85. The third-order valence-electron chi connectivity index (χ3n) is 4.86. The molecule has 0 saturated heterocycles. The Bertz CT molecular complexity index is 504. The maximum absolute atomic E-state index is 2.60. The molecule has 0 spiro atoms. The molecule has 1 aromatic carbocycles. The van der Waals surface area contributed by atoms with Crippen LogP contribution >= 0.6 is 0 Å². The third kappa shape index (κ3) is 2.33. The van der Waals surface area contributed by atoms with Crippen molar-refractivity contribution in [1.29, 1.82) is 0 Å². The summed E-state index contributed by atoms with van der Waals surface area (Å²) in [6, 6.07) is 0. The van der Waals surface area contributed by atoms with Crippen LogP contribution in [-0.4, -0.2) is 10.4 Å². The summed E-state index contributed by atoms with van der Waals surface area (Å²) in [6.45, 7) is 20.8. The van der Waals surface area contributed by atoms with E-state index in [0.717, 1.165) is 13.1 Å². The van der Waals surface area contributed by atoms with E-state index in [9.17, 15) is 0 Å². The van der Waals surface area contributed by atoms with Crippen molar-refractivity contribution >= 4 is 0 Å². The van der Waals surface area contributed by atoms with Gasteiger partial charge in [-0.05, 0) is 80.8 Å². The Morgan fingerprint density at radius 3 is 1.74 bits per heavy atom. The SMILES string of the molecule is Cc1c(C)c(C(C)C)c(C)c2c1CN(C(C)(C)C)C2. The molecule has 0 fully saturated rings. The van der Waals surface area contributed by atoms with E-state index in [0.29, 0.717) is 5.92 Å². The first-order chi connectivity index (χ1) is 8.64. The van der Waals surface area contributed by atoms with E-state index < -0.39 is 0 Å². The minimum atomic E-state index is 0.254. The Morgan fingerprint density at radius 1 is 0.842 bits per heavy atom. The van der Waals surface area contributed by atoms with E-state index >= 15 is 0 Å². The van der Waals surface area contributed by atoms with Gasteiger partial charge in [0.25, 0.3) is 0 Å². The van der Waals surface area contributed by atoms with Gasteiger partial charge in [-0.25, -0.2) is 0 Å². The first-order valence-corrected chi connectivity index (χ1v) is 7.51. The van der Waals surface area contributed by atoms with E-state index in [4.69, 9.17) is 0 Å². The second kappa shape index (κ2) is 4.63. The molecule has 0 N–H and O–H groups in total. The van der Waals surface area contributed by atoms with Gasteiger partial charge in [-0.1, -0.05) is 13.8 Å². The zero-order valence-corrected chi connectivity index (χ0v) is 13.9. The highest BCUT2D eigenvalue weighted by molar-refractivity contribution is 5.53. The number of benzene rings is 1. The molecular formula is C18H29N. The Morgan fingerprint density at radius 2 is 1.32 bits per heavy atom. The quantitative estimate of drug-likeness (QED) is 0.697. The molecule has 1 aromatic rings. The summed E-state index contributed by atoms with van der Waals surface area (Å²) in [5.74, 6) is 0.618. The van der Waals surface area contributed by atoms with Gasteiger partial charge in [-0.15, -0.1) is 0 Å². The van der Waals surface area contributed by atoms with Crippen molar-refractivity contribution in [3.63, 3.8) is 0 Å². The van der Waals surface area contributed by atoms with Crippen LogP contribution in [0.1, 0.15) is 73.9 Å². The van der Waals surface area contributed by atoms with Crippen molar-refractivity contribution in [3.8, 4) is 0 Å². The summed E-state index contributed by atoms with van der Waals surface area (Å²) in [5.41, 5.74) is 9.60. The summed E-state index contributed by atoms with van der Waals surface area (Å²) in [6.07, 6.45) is 0. The summed E-state index contributed by atoms with van der Waals surface area (Å²) in [4.78, 5) is 2.60. The van der Waals surface area contributed by atoms with Gasteiger partial charge in [0.15, 0.2) is 0 Å². The van der Waals surface area contributed by atoms with Crippen molar-refractivity contribution in [2.75, 3.05) is 0 Å². The first kappa shape index (κ1) is 14.6. The largest absolute Gasteiger partial charge is 0.290 e. The number of hydrogen-bond donors (Lipinski definition) is 0. The molecule has 19 heavy (non-hydrogen) atoms. The standard InChI is InChI=1S/C18H29N/c1-11(2)17-13(4)12(3)15-9-19(18(6,7)8)10-16(15)14(17)5/h11H,9-10H2,1-8H3. The number of hydrogen-bond acceptors (Lipinski definition) is 1. The van der Waals surface area contributed by atoms with Crippen LogP contribution in [0.5, 0.6) is 0 Å². The van der Waals surface area contributed by atoms with Crippen LogP contribution in [0.3, 0.4) is 0 Å². The molecule has 0 radical (unpaired) electrons. The second-order valence-corrected chi connectivity index (χ2v) is 7.43. The van der Waals surface area contributed by atoms with Crippen molar-refractivity contribution < 1.29 is 0 Å². The lowest BCUT2D eigenvalue weighted by Gasteiger charge is -2.31. The minimum absolute atomic E-state index is 0.254. The highest BCUT2D eigenvalue weighted by Crippen LogP contribution is 2.38. The molecule has 0 unspecified atom stereocenters. The molecule has 0 aromatic heterocycles. The van der Waals surface area contributed by atoms with Crippen molar-refractivity contribution in [1.82, 2.24) is 4.90 Å². The Kier molecular flexibility index (Phi) is 3.55. The summed E-state index contributed by atoms with van der Waals surface area (Å²) in [7, 11) is 0. The minimum Gasteiger partial charge on any atom is -0.290 e. The van der Waals surface area contributed by atoms with Gasteiger partial charge in [0, 0.05) is 18.6 Å². The molecule has 1 heterocycles. The maximum atomic E-state index is 2.60. The second-order valence-electron chi connectivity index (χ2n) is 7.43. The fourth-order valence-corrected chi connectivity index (χ4v) is 3.53. The van der Waals surface area contributed by atoms with E-state index in [2.05, 4.69) is 60.3 Å². The number of nitrogens with zero attached hydrogens (tertiary/aromatic N) is 1. The Hall–Kier alpha value is -0.820. The average Bonchev–Trinajstić information content (AvgIpc) is 2.70. The van der Waals surface area contributed by atoms with E-state index in [1.54, 1.807) is 22.3 Å². The molecule has 0 amide bonds. The zero-order valence-electron chi connectivity index (χ0n) is 13.9. The summed E-state index contributed by atoms with van der Waals surface area (Å²) in [5, 5.41) is 0. The predicted octanol–water partition coefficient (Wildman–Crippen LogP) is 4.85. The normalized spacial score (nSPS) is 16.3. The van der Waals surface area contributed by atoms with Crippen LogP contribution in [0.15, 0.2) is 0 Å². The van der Waals surface area contributed by atoms with Gasteiger partial charge in [0.05, 0.1) is 0 Å². The third-order valence-corrected chi connectivity index (χ3v) is 4.86. The van der Waals surface area contributed by atoms with Gasteiger partial charge < -0.3 is 0 Å². The fourth-order valence-electron chi connectivity index (χ4n) is 3.53. The molecular weight excluding hydrogens is 230 g/mol. The summed E-state index contributed by atoms with van der Waals surface area (Å²) >= 11 is 0. The molecule has 1 heteroatoms. The molecule has 0 atom stereocenters. The van der Waals surface area contributed by atoms with Crippen molar-refractivity contribution in [3.05, 3.63) is 33.4 Å². The van der Waals surface area contributed by atoms with Gasteiger partial charge in [0.1, 0.15) is 0 Å². The first-order valence-electron chi connectivity index (χ1n) is 7.51. The topological polar surface area (TPSA) is 3.24 Å². The highest BCUT2D eigenvalue weighted by Gasteiger charge is 2.31. The lowest BCUT2D eigenvalue weighted by molar-refractivity contribution is 0.136. The van der Waals surface area contributed by atoms with Crippen LogP contribution in [0.2, 0.25) is 0 Å². The summed E-state index contributed by atoms with van der Waals surface area (Å²) < 4.78 is 0. The van der Waals surface area contributed by atoms with Crippen LogP contribution in [0, 0.1) is 20.8 Å². The van der Waals surface area contributed by atoms with E-state index in [-0.39, 0.29) is 5.54 Å². The van der Waals surface area contributed by atoms with E-state index in [1.807, 2.05) is 0 Å². The Balaban J connectivity index is 2.57. The maximum Gasteiger partial charge on any atom is 0.0248 e. The molecule has 1 nitrogen and oxygen atoms in total. The zero-order chi connectivity index (χ0) is 14.5. The van der Waals surface area contributed by atoms with E-state index in [1.165, 1.54) is 11.1 Å². The van der Waals surface area contributed by atoms with Crippen LogP contribution in [0.25, 0.3) is 0 Å². The number of fused-ring (bicyclic) bond motifs is 1. The van der Waals surface area contributed by atoms with Crippen molar-refractivity contribution in [2.45, 2.75) is 79.9 Å². The van der Waals surface area contributed by atoms with Crippen LogP contribution in [0.4, 0.5) is 0 Å². The van der Waals surface area contributed by atoms with Gasteiger partial charge in [-0.2, -0.15) is 0 Å².